The first-order valence-electron chi connectivity index (χ1n) is 10.6. The van der Waals surface area contributed by atoms with Crippen LogP contribution in [0.2, 0.25) is 0 Å². The molecule has 0 radical (unpaired) electrons. The number of benzene rings is 1. The van der Waals surface area contributed by atoms with Crippen molar-refractivity contribution in [3.8, 4) is 5.75 Å². The van der Waals surface area contributed by atoms with Crippen molar-refractivity contribution in [3.05, 3.63) is 18.2 Å². The molecule has 7 nitrogen and oxygen atoms in total. The molecule has 2 heterocycles. The number of methoxy groups -OCH3 is 1. The molecule has 0 aliphatic carbocycles. The molecule has 2 aliphatic heterocycles. The minimum absolute atomic E-state index is 0.151. The molecule has 2 fully saturated rings. The van der Waals surface area contributed by atoms with E-state index in [1.54, 1.807) is 16.4 Å². The monoisotopic (exact) mass is 423 g/mol. The Morgan fingerprint density at radius 1 is 1.14 bits per heavy atom. The van der Waals surface area contributed by atoms with E-state index < -0.39 is 10.0 Å². The lowest BCUT2D eigenvalue weighted by Gasteiger charge is -2.30. The van der Waals surface area contributed by atoms with Crippen molar-refractivity contribution in [2.75, 3.05) is 45.2 Å². The molecule has 0 bridgehead atoms. The smallest absolute Gasteiger partial charge is 0.243 e. The highest BCUT2D eigenvalue weighted by Gasteiger charge is 2.26. The van der Waals surface area contributed by atoms with Crippen LogP contribution < -0.4 is 10.1 Å². The zero-order chi connectivity index (χ0) is 20.9. The second-order valence-electron chi connectivity index (χ2n) is 8.21. The molecule has 0 aromatic heterocycles. The molecule has 0 saturated carbocycles. The summed E-state index contributed by atoms with van der Waals surface area (Å²) in [6.45, 7) is 5.42. The van der Waals surface area contributed by atoms with Crippen LogP contribution >= 0.6 is 0 Å². The number of nitrogens with zero attached hydrogens (tertiary/aromatic N) is 2. The van der Waals surface area contributed by atoms with E-state index in [-0.39, 0.29) is 10.8 Å². The summed E-state index contributed by atoms with van der Waals surface area (Å²) in [5, 5.41) is 2.86. The minimum Gasteiger partial charge on any atom is -0.495 e. The lowest BCUT2D eigenvalue weighted by atomic mass is 10.0. The topological polar surface area (TPSA) is 79.0 Å². The number of nitrogens with one attached hydrogen (secondary N) is 1. The molecular weight excluding hydrogens is 390 g/mol. The van der Waals surface area contributed by atoms with Crippen LogP contribution in [0, 0.1) is 5.92 Å². The van der Waals surface area contributed by atoms with Gasteiger partial charge in [-0.2, -0.15) is 4.31 Å². The lowest BCUT2D eigenvalue weighted by Crippen LogP contribution is -2.39. The number of likely N-dealkylation sites (tertiary alicyclic amines) is 1. The van der Waals surface area contributed by atoms with Gasteiger partial charge >= 0.3 is 0 Å². The fourth-order valence-electron chi connectivity index (χ4n) is 4.20. The summed E-state index contributed by atoms with van der Waals surface area (Å²) < 4.78 is 33.1. The largest absolute Gasteiger partial charge is 0.495 e. The third-order valence-electron chi connectivity index (χ3n) is 5.76. The van der Waals surface area contributed by atoms with E-state index in [0.29, 0.717) is 37.0 Å². The summed E-state index contributed by atoms with van der Waals surface area (Å²) in [5.41, 5.74) is 0.401. The first-order chi connectivity index (χ1) is 13.9. The molecule has 0 unspecified atom stereocenters. The van der Waals surface area contributed by atoms with Crippen molar-refractivity contribution in [1.82, 2.24) is 9.21 Å². The summed E-state index contributed by atoms with van der Waals surface area (Å²) in [7, 11) is -2.07. The standard InChI is InChI=1S/C21H33N3O4S/c1-17-8-7-11-23(15-17)16-21(25)22-19-14-18(9-10-20(19)28-2)29(26,27)24-12-5-3-4-6-13-24/h9-10,14,17H,3-8,11-13,15-16H2,1-2H3,(H,22,25)/t17-/m0/s1. The molecular formula is C21H33N3O4S. The van der Waals surface area contributed by atoms with Crippen LogP contribution in [-0.4, -0.2) is 63.4 Å². The number of anilines is 1. The Morgan fingerprint density at radius 3 is 2.52 bits per heavy atom. The molecule has 1 aromatic rings. The maximum Gasteiger partial charge on any atom is 0.243 e. The fourth-order valence-corrected chi connectivity index (χ4v) is 5.74. The van der Waals surface area contributed by atoms with Gasteiger partial charge in [-0.05, 0) is 56.3 Å². The van der Waals surface area contributed by atoms with E-state index in [9.17, 15) is 13.2 Å². The average molecular weight is 424 g/mol. The fraction of sp³-hybridized carbons (Fsp3) is 0.667. The van der Waals surface area contributed by atoms with Crippen molar-refractivity contribution >= 4 is 21.6 Å². The van der Waals surface area contributed by atoms with Crippen LogP contribution in [0.1, 0.15) is 45.4 Å². The number of hydrogen-bond donors (Lipinski definition) is 1. The third-order valence-corrected chi connectivity index (χ3v) is 7.65. The number of ether oxygens (including phenoxy) is 1. The van der Waals surface area contributed by atoms with Gasteiger partial charge in [0.2, 0.25) is 15.9 Å². The van der Waals surface area contributed by atoms with Crippen molar-refractivity contribution in [3.63, 3.8) is 0 Å². The molecule has 1 amide bonds. The minimum atomic E-state index is -3.59. The van der Waals surface area contributed by atoms with Crippen molar-refractivity contribution in [2.45, 2.75) is 50.3 Å². The molecule has 1 atom stereocenters. The van der Waals surface area contributed by atoms with E-state index in [0.717, 1.165) is 45.2 Å². The van der Waals surface area contributed by atoms with Crippen molar-refractivity contribution in [2.24, 2.45) is 5.92 Å². The Hall–Kier alpha value is -1.64. The molecule has 2 aliphatic rings. The highest BCUT2D eigenvalue weighted by molar-refractivity contribution is 7.89. The number of rotatable bonds is 6. The van der Waals surface area contributed by atoms with Gasteiger partial charge in [0.25, 0.3) is 0 Å². The van der Waals surface area contributed by atoms with Gasteiger partial charge in [0.05, 0.1) is 24.2 Å². The van der Waals surface area contributed by atoms with E-state index in [2.05, 4.69) is 17.1 Å². The van der Waals surface area contributed by atoms with E-state index in [1.807, 2.05) is 0 Å². The molecule has 3 rings (SSSR count). The summed E-state index contributed by atoms with van der Waals surface area (Å²) in [5.74, 6) is 0.898. The maximum atomic E-state index is 13.1. The Morgan fingerprint density at radius 2 is 1.86 bits per heavy atom. The summed E-state index contributed by atoms with van der Waals surface area (Å²) in [6.07, 6.45) is 6.18. The molecule has 0 spiro atoms. The van der Waals surface area contributed by atoms with Crippen LogP contribution in [0.25, 0.3) is 0 Å². The summed E-state index contributed by atoms with van der Waals surface area (Å²) >= 11 is 0. The summed E-state index contributed by atoms with van der Waals surface area (Å²) in [6, 6.07) is 4.69. The van der Waals surface area contributed by atoms with E-state index in [4.69, 9.17) is 4.74 Å². The predicted molar refractivity (Wildman–Crippen MR) is 114 cm³/mol. The highest BCUT2D eigenvalue weighted by Crippen LogP contribution is 2.30. The zero-order valence-electron chi connectivity index (χ0n) is 17.5. The van der Waals surface area contributed by atoms with Gasteiger partial charge in [0.15, 0.2) is 0 Å². The van der Waals surface area contributed by atoms with Crippen LogP contribution in [-0.2, 0) is 14.8 Å². The average Bonchev–Trinajstić information content (AvgIpc) is 2.98. The van der Waals surface area contributed by atoms with Crippen LogP contribution in [0.4, 0.5) is 5.69 Å². The van der Waals surface area contributed by atoms with Gasteiger partial charge in [-0.1, -0.05) is 19.8 Å². The quantitative estimate of drug-likeness (QED) is 0.761. The van der Waals surface area contributed by atoms with E-state index in [1.165, 1.54) is 19.6 Å². The number of carbonyl (C=O) groups is 1. The van der Waals surface area contributed by atoms with Gasteiger partial charge in [-0.3, -0.25) is 9.69 Å². The van der Waals surface area contributed by atoms with Crippen molar-refractivity contribution in [1.29, 1.82) is 0 Å². The molecule has 1 aromatic carbocycles. The maximum absolute atomic E-state index is 13.1. The number of hydrogen-bond acceptors (Lipinski definition) is 5. The third kappa shape index (κ3) is 5.71. The molecule has 8 heteroatoms. The SMILES string of the molecule is COc1ccc(S(=O)(=O)N2CCCCCC2)cc1NC(=O)CN1CCC[C@H](C)C1. The summed E-state index contributed by atoms with van der Waals surface area (Å²) in [4.78, 5) is 14.9. The molecule has 162 valence electrons. The normalized spacial score (nSPS) is 22.1. The van der Waals surface area contributed by atoms with Gasteiger partial charge in [0.1, 0.15) is 5.75 Å². The Labute approximate surface area is 174 Å². The molecule has 1 N–H and O–H groups in total. The van der Waals surface area contributed by atoms with Gasteiger partial charge in [-0.25, -0.2) is 8.42 Å². The van der Waals surface area contributed by atoms with Crippen LogP contribution in [0.15, 0.2) is 23.1 Å². The van der Waals surface area contributed by atoms with Gasteiger partial charge in [-0.15, -0.1) is 0 Å². The second kappa shape index (κ2) is 9.91. The number of piperidine rings is 1. The Bertz CT molecular complexity index is 804. The predicted octanol–water partition coefficient (Wildman–Crippen LogP) is 2.93. The van der Waals surface area contributed by atoms with Crippen molar-refractivity contribution < 1.29 is 17.9 Å². The highest BCUT2D eigenvalue weighted by atomic mass is 32.2. The zero-order valence-corrected chi connectivity index (χ0v) is 18.3. The second-order valence-corrected chi connectivity index (χ2v) is 10.1. The number of amides is 1. The molecule has 2 saturated heterocycles. The number of carbonyl (C=O) groups excluding carboxylic acids is 1. The first kappa shape index (κ1) is 22.1. The Kier molecular flexibility index (Phi) is 7.54. The number of sulfonamides is 1. The lowest BCUT2D eigenvalue weighted by molar-refractivity contribution is -0.117. The first-order valence-corrected chi connectivity index (χ1v) is 12.0. The van der Waals surface area contributed by atoms with Gasteiger partial charge < -0.3 is 10.1 Å². The van der Waals surface area contributed by atoms with E-state index >= 15 is 0 Å². The Balaban J connectivity index is 1.75. The molecule has 29 heavy (non-hydrogen) atoms. The van der Waals surface area contributed by atoms with Crippen LogP contribution in [0.5, 0.6) is 5.75 Å². The van der Waals surface area contributed by atoms with Crippen LogP contribution in [0.3, 0.4) is 0 Å². The van der Waals surface area contributed by atoms with Gasteiger partial charge in [0, 0.05) is 19.6 Å².